The fourth-order valence-electron chi connectivity index (χ4n) is 2.71. The number of halogens is 1. The molecule has 3 rings (SSSR count). The fourth-order valence-corrected chi connectivity index (χ4v) is 2.71. The van der Waals surface area contributed by atoms with Gasteiger partial charge in [-0.15, -0.1) is 0 Å². The molecule has 0 bridgehead atoms. The third-order valence-electron chi connectivity index (χ3n) is 4.17. The summed E-state index contributed by atoms with van der Waals surface area (Å²) in [6, 6.07) is 17.1. The van der Waals surface area contributed by atoms with Gasteiger partial charge in [0.1, 0.15) is 11.6 Å². The minimum atomic E-state index is -0.340. The highest BCUT2D eigenvalue weighted by molar-refractivity contribution is 5.65. The van der Waals surface area contributed by atoms with Gasteiger partial charge in [0.25, 0.3) is 0 Å². The number of ether oxygens (including phenoxy) is 1. The molecule has 3 aromatic rings. The number of nitrogens with zero attached hydrogens (tertiary/aromatic N) is 3. The Balaban J connectivity index is 1.89. The maximum atomic E-state index is 13.3. The number of aromatic nitrogens is 2. The van der Waals surface area contributed by atoms with Crippen molar-refractivity contribution < 1.29 is 9.13 Å². The summed E-state index contributed by atoms with van der Waals surface area (Å²) in [4.78, 5) is 8.59. The molecule has 0 spiro atoms. The van der Waals surface area contributed by atoms with E-state index in [0.29, 0.717) is 47.9 Å². The van der Waals surface area contributed by atoms with Crippen LogP contribution in [-0.4, -0.2) is 28.1 Å². The van der Waals surface area contributed by atoms with Crippen LogP contribution in [0.15, 0.2) is 72.6 Å². The molecule has 0 aliphatic carbocycles. The second-order valence-corrected chi connectivity index (χ2v) is 6.27. The summed E-state index contributed by atoms with van der Waals surface area (Å²) in [5, 5.41) is 1.48. The monoisotopic (exact) mass is 394 g/mol. The topological polar surface area (TPSA) is 116 Å². The van der Waals surface area contributed by atoms with E-state index in [-0.39, 0.29) is 11.8 Å². The van der Waals surface area contributed by atoms with Crippen molar-refractivity contribution in [1.82, 2.24) is 15.0 Å². The van der Waals surface area contributed by atoms with Gasteiger partial charge in [-0.3, -0.25) is 0 Å². The lowest BCUT2D eigenvalue weighted by atomic mass is 10.1. The number of hydrazine groups is 1. The van der Waals surface area contributed by atoms with Gasteiger partial charge in [-0.05, 0) is 48.0 Å². The molecular weight excluding hydrogens is 371 g/mol. The Morgan fingerprint density at radius 1 is 1.03 bits per heavy atom. The largest absolute Gasteiger partial charge is 0.424 e. The molecule has 7 nitrogen and oxygen atoms in total. The van der Waals surface area contributed by atoms with Crippen molar-refractivity contribution >= 4 is 5.70 Å². The standard InChI is InChI=1S/C21H23FN6O/c22-16-8-6-15(7-9-16)20(24)19(28(25)13-11-23)14-17-10-12-26-21(27-17)29-18-4-2-1-3-5-18/h1-10,12H,11,13-14,23-25H2/b20-19-. The molecule has 0 saturated carbocycles. The van der Waals surface area contributed by atoms with Gasteiger partial charge in [0.15, 0.2) is 0 Å². The molecule has 0 fully saturated rings. The maximum Gasteiger partial charge on any atom is 0.322 e. The molecular formula is C21H23FN6O. The molecule has 29 heavy (non-hydrogen) atoms. The molecule has 0 saturated heterocycles. The van der Waals surface area contributed by atoms with E-state index in [1.807, 2.05) is 30.3 Å². The van der Waals surface area contributed by atoms with E-state index in [0.717, 1.165) is 0 Å². The van der Waals surface area contributed by atoms with Crippen molar-refractivity contribution in [3.05, 3.63) is 89.6 Å². The first-order valence-corrected chi connectivity index (χ1v) is 9.08. The highest BCUT2D eigenvalue weighted by Crippen LogP contribution is 2.21. The van der Waals surface area contributed by atoms with Crippen LogP contribution in [0.3, 0.4) is 0 Å². The fraction of sp³-hybridized carbons (Fsp3) is 0.143. The summed E-state index contributed by atoms with van der Waals surface area (Å²) in [5.74, 6) is 6.47. The van der Waals surface area contributed by atoms with E-state index in [2.05, 4.69) is 9.97 Å². The van der Waals surface area contributed by atoms with E-state index in [1.54, 1.807) is 24.4 Å². The Kier molecular flexibility index (Phi) is 6.72. The van der Waals surface area contributed by atoms with Gasteiger partial charge < -0.3 is 21.2 Å². The molecule has 150 valence electrons. The minimum Gasteiger partial charge on any atom is -0.424 e. The van der Waals surface area contributed by atoms with E-state index in [1.165, 1.54) is 17.1 Å². The molecule has 0 aliphatic rings. The van der Waals surface area contributed by atoms with Crippen molar-refractivity contribution in [3.63, 3.8) is 0 Å². The number of benzene rings is 2. The molecule has 2 aromatic carbocycles. The zero-order chi connectivity index (χ0) is 20.6. The number of rotatable bonds is 8. The van der Waals surface area contributed by atoms with Crippen LogP contribution >= 0.6 is 0 Å². The lowest BCUT2D eigenvalue weighted by Gasteiger charge is -2.24. The molecule has 1 heterocycles. The van der Waals surface area contributed by atoms with Crippen LogP contribution in [-0.2, 0) is 6.42 Å². The SMILES string of the molecule is NCCN(N)/C(Cc1ccnc(Oc2ccccc2)n1)=C(\N)c1ccc(F)cc1. The van der Waals surface area contributed by atoms with Crippen molar-refractivity contribution in [2.24, 2.45) is 17.3 Å². The summed E-state index contributed by atoms with van der Waals surface area (Å²) in [6.07, 6.45) is 1.93. The van der Waals surface area contributed by atoms with Crippen LogP contribution < -0.4 is 22.0 Å². The Labute approximate surface area is 168 Å². The van der Waals surface area contributed by atoms with Crippen molar-refractivity contribution in [1.29, 1.82) is 0 Å². The Bertz CT molecular complexity index is 962. The van der Waals surface area contributed by atoms with E-state index >= 15 is 0 Å². The molecule has 6 N–H and O–H groups in total. The van der Waals surface area contributed by atoms with Gasteiger partial charge in [-0.2, -0.15) is 4.98 Å². The van der Waals surface area contributed by atoms with Crippen LogP contribution in [0.5, 0.6) is 11.8 Å². The van der Waals surface area contributed by atoms with Crippen LogP contribution in [0.25, 0.3) is 5.70 Å². The van der Waals surface area contributed by atoms with Crippen LogP contribution in [0, 0.1) is 5.82 Å². The quantitative estimate of drug-likeness (QED) is 0.397. The molecule has 0 aliphatic heterocycles. The van der Waals surface area contributed by atoms with Gasteiger partial charge in [0.2, 0.25) is 0 Å². The summed E-state index contributed by atoms with van der Waals surface area (Å²) in [7, 11) is 0. The number of hydrogen-bond donors (Lipinski definition) is 3. The Morgan fingerprint density at radius 2 is 1.76 bits per heavy atom. The van der Waals surface area contributed by atoms with Gasteiger partial charge >= 0.3 is 6.01 Å². The lowest BCUT2D eigenvalue weighted by molar-refractivity contribution is 0.360. The first kappa shape index (κ1) is 20.2. The highest BCUT2D eigenvalue weighted by atomic mass is 19.1. The Hall–Kier alpha value is -3.49. The summed E-state index contributed by atoms with van der Waals surface area (Å²) < 4.78 is 19.0. The summed E-state index contributed by atoms with van der Waals surface area (Å²) >= 11 is 0. The van der Waals surface area contributed by atoms with Crippen LogP contribution in [0.2, 0.25) is 0 Å². The predicted octanol–water partition coefficient (Wildman–Crippen LogP) is 2.41. The van der Waals surface area contributed by atoms with Crippen LogP contribution in [0.1, 0.15) is 11.3 Å². The van der Waals surface area contributed by atoms with Crippen molar-refractivity contribution in [3.8, 4) is 11.8 Å². The van der Waals surface area contributed by atoms with E-state index < -0.39 is 0 Å². The number of nitrogens with two attached hydrogens (primary N) is 3. The third kappa shape index (κ3) is 5.50. The zero-order valence-electron chi connectivity index (χ0n) is 15.8. The van der Waals surface area contributed by atoms with E-state index in [4.69, 9.17) is 22.0 Å². The maximum absolute atomic E-state index is 13.3. The smallest absolute Gasteiger partial charge is 0.322 e. The van der Waals surface area contributed by atoms with Gasteiger partial charge in [0, 0.05) is 25.7 Å². The van der Waals surface area contributed by atoms with Crippen LogP contribution in [0.4, 0.5) is 4.39 Å². The van der Waals surface area contributed by atoms with Gasteiger partial charge in [0.05, 0.1) is 17.1 Å². The average Bonchev–Trinajstić information content (AvgIpc) is 2.73. The average molecular weight is 394 g/mol. The summed E-state index contributed by atoms with van der Waals surface area (Å²) in [6.45, 7) is 0.749. The molecule has 0 amide bonds. The Morgan fingerprint density at radius 3 is 2.45 bits per heavy atom. The minimum absolute atomic E-state index is 0.218. The number of hydrogen-bond acceptors (Lipinski definition) is 7. The van der Waals surface area contributed by atoms with Crippen molar-refractivity contribution in [2.75, 3.05) is 13.1 Å². The first-order valence-electron chi connectivity index (χ1n) is 9.08. The molecule has 1 aromatic heterocycles. The lowest BCUT2D eigenvalue weighted by Crippen LogP contribution is -2.37. The predicted molar refractivity (Wildman–Crippen MR) is 110 cm³/mol. The van der Waals surface area contributed by atoms with Gasteiger partial charge in [-0.1, -0.05) is 18.2 Å². The molecule has 0 radical (unpaired) electrons. The second-order valence-electron chi connectivity index (χ2n) is 6.27. The second kappa shape index (κ2) is 9.63. The zero-order valence-corrected chi connectivity index (χ0v) is 15.8. The summed E-state index contributed by atoms with van der Waals surface area (Å²) in [5.41, 5.74) is 14.4. The first-order chi connectivity index (χ1) is 14.1. The van der Waals surface area contributed by atoms with E-state index in [9.17, 15) is 4.39 Å². The number of para-hydroxylation sites is 1. The molecule has 8 heteroatoms. The van der Waals surface area contributed by atoms with Gasteiger partial charge in [-0.25, -0.2) is 15.2 Å². The normalized spacial score (nSPS) is 11.7. The molecule has 0 unspecified atom stereocenters. The highest BCUT2D eigenvalue weighted by Gasteiger charge is 2.14. The number of allylic oxidation sites excluding steroid dienone is 1. The molecule has 0 atom stereocenters. The third-order valence-corrected chi connectivity index (χ3v) is 4.17. The van der Waals surface area contributed by atoms with Crippen molar-refractivity contribution in [2.45, 2.75) is 6.42 Å².